The quantitative estimate of drug-likeness (QED) is 0.359. The molecule has 3 rings (SSSR count). The van der Waals surface area contributed by atoms with Gasteiger partial charge in [-0.2, -0.15) is 0 Å². The Morgan fingerprint density at radius 2 is 2.07 bits per heavy atom. The first-order valence-electron chi connectivity index (χ1n) is 8.80. The van der Waals surface area contributed by atoms with E-state index in [1.807, 2.05) is 0 Å². The highest BCUT2D eigenvalue weighted by Gasteiger charge is 2.37. The molecule has 6 nitrogen and oxygen atoms in total. The molecule has 28 heavy (non-hydrogen) atoms. The average molecular weight is 466 g/mol. The highest BCUT2D eigenvalue weighted by molar-refractivity contribution is 7.16. The summed E-state index contributed by atoms with van der Waals surface area (Å²) in [4.78, 5) is 26.1. The second-order valence-electron chi connectivity index (χ2n) is 6.21. The van der Waals surface area contributed by atoms with Gasteiger partial charge in [0.25, 0.3) is 5.91 Å². The van der Waals surface area contributed by atoms with Gasteiger partial charge in [0, 0.05) is 4.88 Å². The number of amides is 1. The fourth-order valence-corrected chi connectivity index (χ4v) is 4.66. The zero-order valence-electron chi connectivity index (χ0n) is 15.0. The molecular weight excluding hydrogens is 447 g/mol. The lowest BCUT2D eigenvalue weighted by atomic mass is 9.95. The first kappa shape index (κ1) is 21.3. The summed E-state index contributed by atoms with van der Waals surface area (Å²) in [6.45, 7) is 2.00. The molecule has 0 aliphatic heterocycles. The fraction of sp³-hybridized carbons (Fsp3) is 0.444. The largest absolute Gasteiger partial charge is 0.462 e. The van der Waals surface area contributed by atoms with Crippen molar-refractivity contribution >= 4 is 63.0 Å². The van der Waals surface area contributed by atoms with E-state index < -0.39 is 21.8 Å². The van der Waals surface area contributed by atoms with Crippen molar-refractivity contribution in [1.29, 1.82) is 0 Å². The van der Waals surface area contributed by atoms with Crippen molar-refractivity contribution < 1.29 is 18.7 Å². The van der Waals surface area contributed by atoms with Gasteiger partial charge in [-0.25, -0.2) is 4.79 Å². The number of hydrogen-bond acceptors (Lipinski definition) is 6. The number of furan rings is 1. The number of carbonyl (C=O) groups is 2. The minimum absolute atomic E-state index is 0.0807. The number of ether oxygens (including phenoxy) is 1. The summed E-state index contributed by atoms with van der Waals surface area (Å²) < 4.78 is 8.43. The van der Waals surface area contributed by atoms with Crippen molar-refractivity contribution in [3.05, 3.63) is 40.2 Å². The summed E-state index contributed by atoms with van der Waals surface area (Å²) in [7, 11) is 0. The maximum Gasteiger partial charge on any atom is 0.341 e. The number of thiophene rings is 1. The Morgan fingerprint density at radius 1 is 1.32 bits per heavy atom. The number of carbonyl (C=O) groups excluding carboxylic acids is 2. The van der Waals surface area contributed by atoms with Gasteiger partial charge in [-0.05, 0) is 50.3 Å². The van der Waals surface area contributed by atoms with E-state index in [9.17, 15) is 9.59 Å². The van der Waals surface area contributed by atoms with E-state index in [0.29, 0.717) is 10.6 Å². The van der Waals surface area contributed by atoms with Crippen molar-refractivity contribution in [3.63, 3.8) is 0 Å². The van der Waals surface area contributed by atoms with Crippen molar-refractivity contribution in [2.24, 2.45) is 0 Å². The highest BCUT2D eigenvalue weighted by Crippen LogP contribution is 2.40. The first-order chi connectivity index (χ1) is 13.3. The molecule has 2 N–H and O–H groups in total. The molecule has 0 spiro atoms. The van der Waals surface area contributed by atoms with Crippen LogP contribution in [0.4, 0.5) is 5.00 Å². The van der Waals surface area contributed by atoms with E-state index in [-0.39, 0.29) is 12.4 Å². The summed E-state index contributed by atoms with van der Waals surface area (Å²) in [6.07, 6.45) is 4.00. The molecule has 1 aliphatic rings. The van der Waals surface area contributed by atoms with Crippen LogP contribution in [-0.2, 0) is 17.6 Å². The molecule has 0 saturated carbocycles. The normalized spacial score (nSPS) is 14.9. The molecule has 10 heteroatoms. The summed E-state index contributed by atoms with van der Waals surface area (Å²) >= 11 is 19.7. The summed E-state index contributed by atoms with van der Waals surface area (Å²) in [5.41, 5.74) is 1.42. The lowest BCUT2D eigenvalue weighted by molar-refractivity contribution is 0.0526. The SMILES string of the molecule is CCOC(=O)c1c(N[C@H](NC(=O)c2ccco2)C(Cl)(Cl)Cl)sc2c1CCCC2. The molecular formula is C18H19Cl3N2O4S. The van der Waals surface area contributed by atoms with Crippen LogP contribution in [0.2, 0.25) is 0 Å². The van der Waals surface area contributed by atoms with Crippen molar-refractivity contribution in [2.75, 3.05) is 11.9 Å². The lowest BCUT2D eigenvalue weighted by Gasteiger charge is -2.26. The van der Waals surface area contributed by atoms with Crippen LogP contribution in [0.1, 0.15) is 51.1 Å². The van der Waals surface area contributed by atoms with E-state index in [1.165, 1.54) is 23.7 Å². The van der Waals surface area contributed by atoms with Gasteiger partial charge in [-0.15, -0.1) is 11.3 Å². The first-order valence-corrected chi connectivity index (χ1v) is 10.8. The molecule has 2 heterocycles. The van der Waals surface area contributed by atoms with Crippen LogP contribution in [0.15, 0.2) is 22.8 Å². The van der Waals surface area contributed by atoms with Gasteiger partial charge in [0.2, 0.25) is 3.79 Å². The van der Waals surface area contributed by atoms with Gasteiger partial charge in [0.15, 0.2) is 5.76 Å². The number of rotatable bonds is 6. The maximum absolute atomic E-state index is 12.6. The Balaban J connectivity index is 1.91. The number of aryl methyl sites for hydroxylation is 1. The van der Waals surface area contributed by atoms with Crippen LogP contribution in [-0.4, -0.2) is 28.4 Å². The van der Waals surface area contributed by atoms with Gasteiger partial charge >= 0.3 is 5.97 Å². The number of hydrogen-bond donors (Lipinski definition) is 2. The molecule has 0 aromatic carbocycles. The highest BCUT2D eigenvalue weighted by atomic mass is 35.6. The lowest BCUT2D eigenvalue weighted by Crippen LogP contribution is -2.49. The Kier molecular flexibility index (Phi) is 6.81. The molecule has 0 saturated heterocycles. The Labute approximate surface area is 181 Å². The molecule has 0 radical (unpaired) electrons. The average Bonchev–Trinajstić information content (AvgIpc) is 3.28. The maximum atomic E-state index is 12.6. The Hall–Kier alpha value is -1.41. The van der Waals surface area contributed by atoms with Crippen LogP contribution < -0.4 is 10.6 Å². The van der Waals surface area contributed by atoms with Crippen molar-refractivity contribution in [3.8, 4) is 0 Å². The zero-order valence-corrected chi connectivity index (χ0v) is 18.1. The fourth-order valence-electron chi connectivity index (χ4n) is 3.03. The minimum atomic E-state index is -1.88. The Morgan fingerprint density at radius 3 is 2.71 bits per heavy atom. The van der Waals surface area contributed by atoms with Gasteiger partial charge in [-0.3, -0.25) is 4.79 Å². The molecule has 0 unspecified atom stereocenters. The van der Waals surface area contributed by atoms with E-state index in [1.54, 1.807) is 13.0 Å². The summed E-state index contributed by atoms with van der Waals surface area (Å²) in [5.74, 6) is -0.894. The van der Waals surface area contributed by atoms with E-state index in [2.05, 4.69) is 10.6 Å². The number of anilines is 1. The third kappa shape index (κ3) is 4.76. The molecule has 1 amide bonds. The third-order valence-electron chi connectivity index (χ3n) is 4.27. The van der Waals surface area contributed by atoms with Gasteiger partial charge < -0.3 is 19.8 Å². The monoisotopic (exact) mass is 464 g/mol. The summed E-state index contributed by atoms with van der Waals surface area (Å²) in [6, 6.07) is 3.08. The molecule has 1 aliphatic carbocycles. The second-order valence-corrected chi connectivity index (χ2v) is 9.68. The molecule has 2 aromatic heterocycles. The second kappa shape index (κ2) is 8.95. The van der Waals surface area contributed by atoms with Crippen LogP contribution in [0.25, 0.3) is 0 Å². The van der Waals surface area contributed by atoms with Crippen LogP contribution >= 0.6 is 46.1 Å². The molecule has 0 bridgehead atoms. The predicted molar refractivity (Wildman–Crippen MR) is 111 cm³/mol. The number of halogens is 3. The predicted octanol–water partition coefficient (Wildman–Crippen LogP) is 4.93. The van der Waals surface area contributed by atoms with Crippen LogP contribution in [0.5, 0.6) is 0 Å². The number of alkyl halides is 3. The van der Waals surface area contributed by atoms with Gasteiger partial charge in [0.1, 0.15) is 11.2 Å². The van der Waals surface area contributed by atoms with Crippen LogP contribution in [0.3, 0.4) is 0 Å². The third-order valence-corrected chi connectivity index (χ3v) is 6.15. The van der Waals surface area contributed by atoms with Crippen molar-refractivity contribution in [2.45, 2.75) is 42.6 Å². The Bertz CT molecular complexity index is 846. The number of nitrogens with one attached hydrogen (secondary N) is 2. The number of esters is 1. The van der Waals surface area contributed by atoms with E-state index in [0.717, 1.165) is 36.1 Å². The molecule has 1 atom stereocenters. The molecule has 152 valence electrons. The van der Waals surface area contributed by atoms with Gasteiger partial charge in [-0.1, -0.05) is 34.8 Å². The molecule has 2 aromatic rings. The minimum Gasteiger partial charge on any atom is -0.462 e. The topological polar surface area (TPSA) is 80.6 Å². The van der Waals surface area contributed by atoms with E-state index in [4.69, 9.17) is 44.0 Å². The molecule has 0 fully saturated rings. The standard InChI is InChI=1S/C18H19Cl3N2O4S/c1-2-26-16(25)13-10-6-3-4-8-12(10)28-15(13)23-17(18(19,20)21)22-14(24)11-7-5-9-27-11/h5,7,9,17,23H,2-4,6,8H2,1H3,(H,22,24)/t17-/m0/s1. The van der Waals surface area contributed by atoms with E-state index >= 15 is 0 Å². The number of fused-ring (bicyclic) bond motifs is 1. The smallest absolute Gasteiger partial charge is 0.341 e. The summed E-state index contributed by atoms with van der Waals surface area (Å²) in [5, 5.41) is 6.14. The van der Waals surface area contributed by atoms with Gasteiger partial charge in [0.05, 0.1) is 18.4 Å². The van der Waals surface area contributed by atoms with Crippen LogP contribution in [0, 0.1) is 0 Å². The van der Waals surface area contributed by atoms with Crippen molar-refractivity contribution in [1.82, 2.24) is 5.32 Å². The zero-order chi connectivity index (χ0) is 20.3.